The highest BCUT2D eigenvalue weighted by molar-refractivity contribution is 6.32. The Hall–Kier alpha value is -3.06. The zero-order chi connectivity index (χ0) is 17.8. The number of nitrogens with one attached hydrogen (secondary N) is 2. The van der Waals surface area contributed by atoms with E-state index in [1.165, 1.54) is 14.2 Å². The number of rotatable bonds is 5. The van der Waals surface area contributed by atoms with Gasteiger partial charge in [0.2, 0.25) is 0 Å². The Morgan fingerprint density at radius 1 is 1.20 bits per heavy atom. The van der Waals surface area contributed by atoms with Crippen molar-refractivity contribution < 1.29 is 14.3 Å². The van der Waals surface area contributed by atoms with E-state index in [2.05, 4.69) is 20.5 Å². The van der Waals surface area contributed by atoms with Crippen molar-refractivity contribution in [2.75, 3.05) is 19.5 Å². The molecule has 0 fully saturated rings. The summed E-state index contributed by atoms with van der Waals surface area (Å²) in [6, 6.07) is 8.47. The molecule has 0 aliphatic heterocycles. The van der Waals surface area contributed by atoms with Gasteiger partial charge in [0.1, 0.15) is 17.2 Å². The Morgan fingerprint density at radius 2 is 2.00 bits per heavy atom. The Balaban J connectivity index is 1.84. The van der Waals surface area contributed by atoms with Crippen molar-refractivity contribution in [3.05, 3.63) is 53.4 Å². The molecular formula is C17H15ClN4O3. The molecular weight excluding hydrogens is 344 g/mol. The van der Waals surface area contributed by atoms with E-state index < -0.39 is 0 Å². The van der Waals surface area contributed by atoms with Crippen molar-refractivity contribution >= 4 is 23.2 Å². The highest BCUT2D eigenvalue weighted by Crippen LogP contribution is 2.36. The zero-order valence-electron chi connectivity index (χ0n) is 13.5. The first kappa shape index (κ1) is 16.8. The number of carbonyl (C=O) groups is 1. The molecule has 8 heteroatoms. The molecule has 1 aromatic carbocycles. The lowest BCUT2D eigenvalue weighted by molar-refractivity contribution is 0.102. The second-order valence-electron chi connectivity index (χ2n) is 5.05. The fourth-order valence-electron chi connectivity index (χ4n) is 2.25. The summed E-state index contributed by atoms with van der Waals surface area (Å²) in [5, 5.41) is 9.95. The van der Waals surface area contributed by atoms with Gasteiger partial charge in [0, 0.05) is 24.0 Å². The van der Waals surface area contributed by atoms with Crippen molar-refractivity contribution in [1.29, 1.82) is 0 Å². The number of carbonyl (C=O) groups excluding carboxylic acids is 1. The van der Waals surface area contributed by atoms with Crippen molar-refractivity contribution in [2.24, 2.45) is 0 Å². The number of pyridine rings is 1. The van der Waals surface area contributed by atoms with Crippen LogP contribution in [0.15, 0.2) is 42.7 Å². The fourth-order valence-corrected chi connectivity index (χ4v) is 2.49. The monoisotopic (exact) mass is 358 g/mol. The van der Waals surface area contributed by atoms with Gasteiger partial charge in [-0.3, -0.25) is 14.9 Å². The SMILES string of the molecule is COc1cc(OC)c(NC(=O)c2cc(-c3cccnc3)n[nH]2)cc1Cl. The average Bonchev–Trinajstić information content (AvgIpc) is 3.13. The van der Waals surface area contributed by atoms with Crippen LogP contribution in [0.1, 0.15) is 10.5 Å². The molecule has 2 heterocycles. The fraction of sp³-hybridized carbons (Fsp3) is 0.118. The first-order valence-corrected chi connectivity index (χ1v) is 7.69. The van der Waals surface area contributed by atoms with Crippen LogP contribution in [-0.4, -0.2) is 35.3 Å². The van der Waals surface area contributed by atoms with Gasteiger partial charge in [0.15, 0.2) is 0 Å². The smallest absolute Gasteiger partial charge is 0.273 e. The maximum Gasteiger partial charge on any atom is 0.273 e. The molecule has 0 spiro atoms. The number of benzene rings is 1. The molecule has 0 bridgehead atoms. The van der Waals surface area contributed by atoms with Crippen molar-refractivity contribution in [1.82, 2.24) is 15.2 Å². The first-order chi connectivity index (χ1) is 12.1. The molecule has 2 N–H and O–H groups in total. The van der Waals surface area contributed by atoms with Crippen LogP contribution in [0.4, 0.5) is 5.69 Å². The number of halogens is 1. The van der Waals surface area contributed by atoms with Crippen molar-refractivity contribution in [2.45, 2.75) is 0 Å². The number of hydrogen-bond donors (Lipinski definition) is 2. The number of aromatic amines is 1. The number of hydrogen-bond acceptors (Lipinski definition) is 5. The zero-order valence-corrected chi connectivity index (χ0v) is 14.3. The van der Waals surface area contributed by atoms with Crippen LogP contribution in [-0.2, 0) is 0 Å². The van der Waals surface area contributed by atoms with E-state index in [1.807, 2.05) is 6.07 Å². The highest BCUT2D eigenvalue weighted by atomic mass is 35.5. The molecule has 0 atom stereocenters. The molecule has 0 aliphatic carbocycles. The second-order valence-corrected chi connectivity index (χ2v) is 5.46. The highest BCUT2D eigenvalue weighted by Gasteiger charge is 2.16. The number of ether oxygens (including phenoxy) is 2. The van der Waals surface area contributed by atoms with Gasteiger partial charge in [-0.1, -0.05) is 11.6 Å². The minimum atomic E-state index is -0.373. The molecule has 0 unspecified atom stereocenters. The van der Waals surface area contributed by atoms with Crippen LogP contribution in [0.5, 0.6) is 11.5 Å². The number of methoxy groups -OCH3 is 2. The Kier molecular flexibility index (Phi) is 4.85. The number of aromatic nitrogens is 3. The van der Waals surface area contributed by atoms with E-state index in [0.717, 1.165) is 5.56 Å². The normalized spacial score (nSPS) is 10.4. The van der Waals surface area contributed by atoms with Crippen LogP contribution in [0.2, 0.25) is 5.02 Å². The van der Waals surface area contributed by atoms with Crippen LogP contribution in [0.3, 0.4) is 0 Å². The van der Waals surface area contributed by atoms with Crippen LogP contribution in [0, 0.1) is 0 Å². The van der Waals surface area contributed by atoms with Gasteiger partial charge in [0.25, 0.3) is 5.91 Å². The summed E-state index contributed by atoms with van der Waals surface area (Å²) in [6.07, 6.45) is 3.34. The van der Waals surface area contributed by atoms with Crippen LogP contribution in [0.25, 0.3) is 11.3 Å². The summed E-state index contributed by atoms with van der Waals surface area (Å²) in [5.41, 5.74) is 2.16. The summed E-state index contributed by atoms with van der Waals surface area (Å²) >= 11 is 6.11. The predicted molar refractivity (Wildman–Crippen MR) is 94.3 cm³/mol. The van der Waals surface area contributed by atoms with Gasteiger partial charge < -0.3 is 14.8 Å². The third-order valence-electron chi connectivity index (χ3n) is 3.50. The number of H-pyrrole nitrogens is 1. The Bertz CT molecular complexity index is 896. The van der Waals surface area contributed by atoms with Gasteiger partial charge in [-0.15, -0.1) is 0 Å². The largest absolute Gasteiger partial charge is 0.495 e. The number of nitrogens with zero attached hydrogens (tertiary/aromatic N) is 2. The quantitative estimate of drug-likeness (QED) is 0.729. The molecule has 3 rings (SSSR count). The molecule has 128 valence electrons. The minimum Gasteiger partial charge on any atom is -0.495 e. The van der Waals surface area contributed by atoms with E-state index in [1.54, 1.807) is 36.7 Å². The summed E-state index contributed by atoms with van der Waals surface area (Å²) in [4.78, 5) is 16.5. The van der Waals surface area contributed by atoms with Gasteiger partial charge in [-0.2, -0.15) is 5.10 Å². The lowest BCUT2D eigenvalue weighted by Gasteiger charge is -2.12. The van der Waals surface area contributed by atoms with Gasteiger partial charge in [-0.25, -0.2) is 0 Å². The summed E-state index contributed by atoms with van der Waals surface area (Å²) in [5.74, 6) is 0.515. The Labute approximate surface area is 148 Å². The third kappa shape index (κ3) is 3.56. The van der Waals surface area contributed by atoms with E-state index >= 15 is 0 Å². The summed E-state index contributed by atoms with van der Waals surface area (Å²) < 4.78 is 10.4. The molecule has 7 nitrogen and oxygen atoms in total. The number of amides is 1. The molecule has 25 heavy (non-hydrogen) atoms. The average molecular weight is 359 g/mol. The molecule has 0 saturated carbocycles. The van der Waals surface area contributed by atoms with Crippen LogP contribution >= 0.6 is 11.6 Å². The molecule has 3 aromatic rings. The summed E-state index contributed by atoms with van der Waals surface area (Å²) in [6.45, 7) is 0. The molecule has 0 radical (unpaired) electrons. The van der Waals surface area contributed by atoms with Gasteiger partial charge in [-0.05, 0) is 24.3 Å². The van der Waals surface area contributed by atoms with Crippen LogP contribution < -0.4 is 14.8 Å². The summed E-state index contributed by atoms with van der Waals surface area (Å²) in [7, 11) is 3.00. The maximum atomic E-state index is 12.5. The molecule has 2 aromatic heterocycles. The van der Waals surface area contributed by atoms with E-state index in [-0.39, 0.29) is 5.91 Å². The number of anilines is 1. The molecule has 0 saturated heterocycles. The van der Waals surface area contributed by atoms with E-state index in [4.69, 9.17) is 21.1 Å². The van der Waals surface area contributed by atoms with Crippen molar-refractivity contribution in [3.8, 4) is 22.8 Å². The van der Waals surface area contributed by atoms with E-state index in [0.29, 0.717) is 33.6 Å². The standard InChI is InChI=1S/C17H15ClN4O3/c1-24-15-8-16(25-2)13(6-11(15)18)20-17(23)14-7-12(21-22-14)10-4-3-5-19-9-10/h3-9H,1-2H3,(H,20,23)(H,21,22). The second kappa shape index (κ2) is 7.23. The lowest BCUT2D eigenvalue weighted by atomic mass is 10.2. The van der Waals surface area contributed by atoms with Crippen molar-refractivity contribution in [3.63, 3.8) is 0 Å². The third-order valence-corrected chi connectivity index (χ3v) is 3.80. The lowest BCUT2D eigenvalue weighted by Crippen LogP contribution is -2.13. The van der Waals surface area contributed by atoms with Gasteiger partial charge >= 0.3 is 0 Å². The molecule has 0 aliphatic rings. The maximum absolute atomic E-state index is 12.5. The Morgan fingerprint density at radius 3 is 2.68 bits per heavy atom. The first-order valence-electron chi connectivity index (χ1n) is 7.31. The van der Waals surface area contributed by atoms with E-state index in [9.17, 15) is 4.79 Å². The van der Waals surface area contributed by atoms with Gasteiger partial charge in [0.05, 0.1) is 30.6 Å². The molecule has 1 amide bonds. The topological polar surface area (TPSA) is 89.1 Å². The predicted octanol–water partition coefficient (Wildman–Crippen LogP) is 3.39. The minimum absolute atomic E-state index is 0.299.